The number of aliphatic hydroxyl groups excluding tert-OH is 1. The van der Waals surface area contributed by atoms with Gasteiger partial charge in [0.2, 0.25) is 4.91 Å². The first-order valence-electron chi connectivity index (χ1n) is 9.14. The first-order chi connectivity index (χ1) is 14.3. The van der Waals surface area contributed by atoms with E-state index in [-0.39, 0.29) is 33.5 Å². The second kappa shape index (κ2) is 7.91. The van der Waals surface area contributed by atoms with Crippen LogP contribution < -0.4 is 4.74 Å². The minimum atomic E-state index is -1.86. The van der Waals surface area contributed by atoms with Gasteiger partial charge in [0.15, 0.2) is 16.3 Å². The number of hydrogen-bond donors (Lipinski definition) is 1. The Morgan fingerprint density at radius 2 is 1.83 bits per heavy atom. The average molecular weight is 445 g/mol. The van der Waals surface area contributed by atoms with Gasteiger partial charge in [0.1, 0.15) is 29.4 Å². The fraction of sp³-hybridized carbons (Fsp3) is 0.182. The highest BCUT2D eigenvalue weighted by molar-refractivity contribution is 8.01. The fourth-order valence-corrected chi connectivity index (χ4v) is 5.01. The summed E-state index contributed by atoms with van der Waals surface area (Å²) in [6.07, 6.45) is 2.88. The highest BCUT2D eigenvalue weighted by atomic mass is 35.5. The SMILES string of the molecule is CC1(C)c2nccnc2C(O)=C(c2c(F)ccc(Cl)c2OCc2ccccc2)[S+]1[O-]. The van der Waals surface area contributed by atoms with Crippen LogP contribution in [0.15, 0.2) is 54.9 Å². The van der Waals surface area contributed by atoms with E-state index in [0.29, 0.717) is 5.69 Å². The summed E-state index contributed by atoms with van der Waals surface area (Å²) in [5.74, 6) is -1.10. The van der Waals surface area contributed by atoms with Crippen LogP contribution in [0.4, 0.5) is 4.39 Å². The number of rotatable bonds is 4. The van der Waals surface area contributed by atoms with Crippen molar-refractivity contribution in [3.8, 4) is 5.75 Å². The first-order valence-corrected chi connectivity index (χ1v) is 10.7. The maximum Gasteiger partial charge on any atom is 0.211 e. The molecule has 1 aliphatic rings. The van der Waals surface area contributed by atoms with E-state index in [1.165, 1.54) is 18.5 Å². The van der Waals surface area contributed by atoms with Crippen LogP contribution in [0.3, 0.4) is 0 Å². The van der Waals surface area contributed by atoms with E-state index >= 15 is 4.39 Å². The summed E-state index contributed by atoms with van der Waals surface area (Å²) in [5, 5.41) is 11.1. The lowest BCUT2D eigenvalue weighted by molar-refractivity contribution is 0.304. The van der Waals surface area contributed by atoms with Gasteiger partial charge in [0.25, 0.3) is 0 Å². The molecule has 0 saturated carbocycles. The zero-order valence-corrected chi connectivity index (χ0v) is 17.8. The number of nitrogens with zero attached hydrogens (tertiary/aromatic N) is 2. The van der Waals surface area contributed by atoms with Gasteiger partial charge in [0.05, 0.1) is 5.02 Å². The Labute approximate surface area is 181 Å². The van der Waals surface area contributed by atoms with E-state index in [1.807, 2.05) is 30.3 Å². The largest absolute Gasteiger partial charge is 0.611 e. The highest BCUT2D eigenvalue weighted by Crippen LogP contribution is 2.50. The molecule has 1 N–H and O–H groups in total. The number of aromatic nitrogens is 2. The fourth-order valence-electron chi connectivity index (χ4n) is 3.32. The summed E-state index contributed by atoms with van der Waals surface area (Å²) in [5.41, 5.74) is 1.24. The van der Waals surface area contributed by atoms with Crippen molar-refractivity contribution in [1.82, 2.24) is 9.97 Å². The lowest BCUT2D eigenvalue weighted by Crippen LogP contribution is -2.36. The summed E-state index contributed by atoms with van der Waals surface area (Å²) >= 11 is 4.47. The number of aliphatic hydroxyl groups is 1. The molecule has 0 aliphatic carbocycles. The third-order valence-corrected chi connectivity index (χ3v) is 7.05. The molecule has 0 fully saturated rings. The first kappa shape index (κ1) is 20.7. The Hall–Kier alpha value is -2.61. The maximum atomic E-state index is 15.1. The Kier molecular flexibility index (Phi) is 5.44. The summed E-state index contributed by atoms with van der Waals surface area (Å²) in [7, 11) is 0. The number of halogens is 2. The van der Waals surface area contributed by atoms with Crippen LogP contribution >= 0.6 is 11.6 Å². The number of hydrogen-bond acceptors (Lipinski definition) is 5. The predicted octanol–water partition coefficient (Wildman–Crippen LogP) is 5.23. The van der Waals surface area contributed by atoms with Crippen molar-refractivity contribution < 1.29 is 18.8 Å². The van der Waals surface area contributed by atoms with Crippen molar-refractivity contribution in [2.45, 2.75) is 25.2 Å². The Balaban J connectivity index is 1.89. The van der Waals surface area contributed by atoms with Crippen LogP contribution in [0, 0.1) is 5.82 Å². The monoisotopic (exact) mass is 444 g/mol. The van der Waals surface area contributed by atoms with E-state index in [4.69, 9.17) is 16.3 Å². The summed E-state index contributed by atoms with van der Waals surface area (Å²) in [6, 6.07) is 11.8. The third-order valence-electron chi connectivity index (χ3n) is 4.87. The van der Waals surface area contributed by atoms with Crippen LogP contribution in [-0.4, -0.2) is 19.6 Å². The van der Waals surface area contributed by atoms with Gasteiger partial charge in [-0.3, -0.25) is 4.98 Å². The topological polar surface area (TPSA) is 78.3 Å². The van der Waals surface area contributed by atoms with E-state index in [2.05, 4.69) is 9.97 Å². The van der Waals surface area contributed by atoms with Crippen LogP contribution in [0.25, 0.3) is 10.7 Å². The van der Waals surface area contributed by atoms with Gasteiger partial charge in [-0.15, -0.1) is 0 Å². The molecular formula is C22H18ClFN2O3S. The van der Waals surface area contributed by atoms with Gasteiger partial charge in [-0.25, -0.2) is 9.37 Å². The number of fused-ring (bicyclic) bond motifs is 1. The summed E-state index contributed by atoms with van der Waals surface area (Å²) in [6.45, 7) is 3.53. The molecule has 1 aliphatic heterocycles. The van der Waals surface area contributed by atoms with Gasteiger partial charge < -0.3 is 14.4 Å². The maximum absolute atomic E-state index is 15.1. The van der Waals surface area contributed by atoms with E-state index in [9.17, 15) is 9.66 Å². The number of ether oxygens (including phenoxy) is 1. The molecule has 5 nitrogen and oxygen atoms in total. The quantitative estimate of drug-likeness (QED) is 0.557. The molecule has 30 heavy (non-hydrogen) atoms. The lowest BCUT2D eigenvalue weighted by atomic mass is 10.0. The minimum Gasteiger partial charge on any atom is -0.611 e. The standard InChI is InChI=1S/C22H18ClFN2O3S/c1-22(2)21-17(25-10-11-26-21)18(27)20(30(22)28)16-15(24)9-8-14(23)19(16)29-12-13-6-4-3-5-7-13/h3-11,27H,12H2,1-2H3. The van der Waals surface area contributed by atoms with Gasteiger partial charge in [-0.1, -0.05) is 41.9 Å². The van der Waals surface area contributed by atoms with E-state index in [1.54, 1.807) is 13.8 Å². The molecule has 4 rings (SSSR count). The van der Waals surface area contributed by atoms with Crippen LogP contribution in [0.1, 0.15) is 36.4 Å². The predicted molar refractivity (Wildman–Crippen MR) is 115 cm³/mol. The molecular weight excluding hydrogens is 427 g/mol. The average Bonchev–Trinajstić information content (AvgIpc) is 2.75. The molecule has 8 heteroatoms. The van der Waals surface area contributed by atoms with Crippen molar-refractivity contribution in [3.05, 3.63) is 88.2 Å². The molecule has 154 valence electrons. The van der Waals surface area contributed by atoms with Crippen molar-refractivity contribution in [2.24, 2.45) is 0 Å². The molecule has 3 aromatic rings. The van der Waals surface area contributed by atoms with Crippen LogP contribution in [-0.2, 0) is 22.5 Å². The van der Waals surface area contributed by atoms with Crippen molar-refractivity contribution in [2.75, 3.05) is 0 Å². The zero-order valence-electron chi connectivity index (χ0n) is 16.2. The highest BCUT2D eigenvalue weighted by Gasteiger charge is 2.49. The zero-order chi connectivity index (χ0) is 21.5. The van der Waals surface area contributed by atoms with Crippen molar-refractivity contribution >= 4 is 33.4 Å². The molecule has 1 unspecified atom stereocenters. The Bertz CT molecular complexity index is 1140. The van der Waals surface area contributed by atoms with Gasteiger partial charge in [-0.2, -0.15) is 0 Å². The Morgan fingerprint density at radius 1 is 1.13 bits per heavy atom. The van der Waals surface area contributed by atoms with Gasteiger partial charge in [-0.05, 0) is 31.5 Å². The minimum absolute atomic E-state index is 0.0126. The van der Waals surface area contributed by atoms with Gasteiger partial charge >= 0.3 is 0 Å². The van der Waals surface area contributed by atoms with Crippen molar-refractivity contribution in [1.29, 1.82) is 0 Å². The van der Waals surface area contributed by atoms with E-state index in [0.717, 1.165) is 11.6 Å². The van der Waals surface area contributed by atoms with Crippen molar-refractivity contribution in [3.63, 3.8) is 0 Å². The molecule has 0 amide bonds. The molecule has 2 aromatic carbocycles. The number of benzene rings is 2. The van der Waals surface area contributed by atoms with Gasteiger partial charge in [0, 0.05) is 23.6 Å². The lowest BCUT2D eigenvalue weighted by Gasteiger charge is -2.34. The normalized spacial score (nSPS) is 17.6. The molecule has 2 heterocycles. The molecule has 1 aromatic heterocycles. The molecule has 0 radical (unpaired) electrons. The third kappa shape index (κ3) is 3.43. The van der Waals surface area contributed by atoms with E-state index < -0.39 is 27.5 Å². The van der Waals surface area contributed by atoms with Crippen LogP contribution in [0.2, 0.25) is 5.02 Å². The molecule has 0 spiro atoms. The molecule has 0 bridgehead atoms. The summed E-state index contributed by atoms with van der Waals surface area (Å²) < 4.78 is 33.4. The van der Waals surface area contributed by atoms with Crippen LogP contribution in [0.5, 0.6) is 5.75 Å². The second-order valence-corrected chi connectivity index (χ2v) is 9.59. The Morgan fingerprint density at radius 3 is 2.57 bits per heavy atom. The second-order valence-electron chi connectivity index (χ2n) is 7.22. The molecule has 1 atom stereocenters. The smallest absolute Gasteiger partial charge is 0.211 e. The summed E-state index contributed by atoms with van der Waals surface area (Å²) in [4.78, 5) is 8.30. The molecule has 0 saturated heterocycles.